The predicted octanol–water partition coefficient (Wildman–Crippen LogP) is 3.89. The standard InChI is InChI=1S/C17H37NO2/c1-5-7-8-9-10-13-20-14-11-12-17(6-2,15-19)18-16(3)4/h16,18-19H,5-15H2,1-4H3. The number of aliphatic hydroxyl groups is 1. The molecule has 0 saturated carbocycles. The van der Waals surface area contributed by atoms with Crippen molar-refractivity contribution >= 4 is 0 Å². The molecule has 0 aromatic carbocycles. The Bertz CT molecular complexity index is 203. The van der Waals surface area contributed by atoms with Gasteiger partial charge >= 0.3 is 0 Å². The Morgan fingerprint density at radius 1 is 1.00 bits per heavy atom. The van der Waals surface area contributed by atoms with Gasteiger partial charge in [0.2, 0.25) is 0 Å². The van der Waals surface area contributed by atoms with Gasteiger partial charge in [-0.3, -0.25) is 0 Å². The van der Waals surface area contributed by atoms with Gasteiger partial charge in [-0.2, -0.15) is 0 Å². The molecule has 0 spiro atoms. The molecule has 0 fully saturated rings. The second-order valence-corrected chi connectivity index (χ2v) is 6.22. The maximum Gasteiger partial charge on any atom is 0.0613 e. The second kappa shape index (κ2) is 12.6. The van der Waals surface area contributed by atoms with E-state index in [0.717, 1.165) is 32.5 Å². The van der Waals surface area contributed by atoms with E-state index < -0.39 is 0 Å². The van der Waals surface area contributed by atoms with Crippen LogP contribution in [0.2, 0.25) is 0 Å². The molecule has 122 valence electrons. The fourth-order valence-electron chi connectivity index (χ4n) is 2.62. The maximum absolute atomic E-state index is 9.65. The van der Waals surface area contributed by atoms with Crippen LogP contribution in [0.4, 0.5) is 0 Å². The molecule has 0 aliphatic heterocycles. The molecule has 0 aliphatic carbocycles. The first kappa shape index (κ1) is 19.9. The van der Waals surface area contributed by atoms with Crippen LogP contribution in [-0.4, -0.2) is 36.5 Å². The Hall–Kier alpha value is -0.120. The number of rotatable bonds is 14. The number of hydrogen-bond donors (Lipinski definition) is 2. The highest BCUT2D eigenvalue weighted by atomic mass is 16.5. The zero-order valence-electron chi connectivity index (χ0n) is 14.2. The zero-order chi connectivity index (χ0) is 15.3. The number of hydrogen-bond acceptors (Lipinski definition) is 3. The van der Waals surface area contributed by atoms with Crippen molar-refractivity contribution in [3.63, 3.8) is 0 Å². The van der Waals surface area contributed by atoms with E-state index in [0.29, 0.717) is 6.04 Å². The topological polar surface area (TPSA) is 41.5 Å². The van der Waals surface area contributed by atoms with E-state index in [9.17, 15) is 5.11 Å². The molecule has 0 saturated heterocycles. The molecule has 0 aromatic rings. The third kappa shape index (κ3) is 9.73. The van der Waals surface area contributed by atoms with E-state index in [4.69, 9.17) is 4.74 Å². The van der Waals surface area contributed by atoms with E-state index in [1.807, 2.05) is 0 Å². The van der Waals surface area contributed by atoms with E-state index in [2.05, 4.69) is 33.0 Å². The van der Waals surface area contributed by atoms with Gasteiger partial charge in [-0.25, -0.2) is 0 Å². The summed E-state index contributed by atoms with van der Waals surface area (Å²) in [7, 11) is 0. The Morgan fingerprint density at radius 3 is 2.20 bits per heavy atom. The molecule has 0 aliphatic rings. The summed E-state index contributed by atoms with van der Waals surface area (Å²) in [4.78, 5) is 0. The van der Waals surface area contributed by atoms with E-state index in [-0.39, 0.29) is 12.1 Å². The minimum atomic E-state index is -0.126. The highest BCUT2D eigenvalue weighted by Gasteiger charge is 2.26. The van der Waals surface area contributed by atoms with Gasteiger partial charge in [0.25, 0.3) is 0 Å². The smallest absolute Gasteiger partial charge is 0.0613 e. The van der Waals surface area contributed by atoms with Gasteiger partial charge in [0, 0.05) is 24.8 Å². The van der Waals surface area contributed by atoms with Crippen molar-refractivity contribution in [2.75, 3.05) is 19.8 Å². The fraction of sp³-hybridized carbons (Fsp3) is 1.00. The van der Waals surface area contributed by atoms with Crippen molar-refractivity contribution in [2.24, 2.45) is 0 Å². The maximum atomic E-state index is 9.65. The molecule has 0 amide bonds. The van der Waals surface area contributed by atoms with Crippen molar-refractivity contribution in [1.82, 2.24) is 5.32 Å². The summed E-state index contributed by atoms with van der Waals surface area (Å²) in [5.74, 6) is 0. The minimum Gasteiger partial charge on any atom is -0.394 e. The van der Waals surface area contributed by atoms with Crippen molar-refractivity contribution in [3.8, 4) is 0 Å². The Kier molecular flexibility index (Phi) is 12.5. The molecule has 1 atom stereocenters. The first-order valence-electron chi connectivity index (χ1n) is 8.56. The van der Waals surface area contributed by atoms with Crippen LogP contribution in [0.25, 0.3) is 0 Å². The van der Waals surface area contributed by atoms with Crippen LogP contribution in [-0.2, 0) is 4.74 Å². The Morgan fingerprint density at radius 2 is 1.65 bits per heavy atom. The van der Waals surface area contributed by atoms with Gasteiger partial charge in [-0.15, -0.1) is 0 Å². The van der Waals surface area contributed by atoms with E-state index >= 15 is 0 Å². The van der Waals surface area contributed by atoms with Gasteiger partial charge < -0.3 is 15.2 Å². The van der Waals surface area contributed by atoms with Crippen LogP contribution < -0.4 is 5.32 Å². The lowest BCUT2D eigenvalue weighted by Gasteiger charge is -2.34. The second-order valence-electron chi connectivity index (χ2n) is 6.22. The summed E-state index contributed by atoms with van der Waals surface area (Å²) < 4.78 is 5.69. The SMILES string of the molecule is CCCCCCCOCCCC(CC)(CO)NC(C)C. The van der Waals surface area contributed by atoms with Crippen molar-refractivity contribution in [2.45, 2.75) is 90.6 Å². The summed E-state index contributed by atoms with van der Waals surface area (Å²) in [6.45, 7) is 10.6. The molecule has 3 heteroatoms. The van der Waals surface area contributed by atoms with Crippen LogP contribution in [0.5, 0.6) is 0 Å². The van der Waals surface area contributed by atoms with Crippen molar-refractivity contribution < 1.29 is 9.84 Å². The van der Waals surface area contributed by atoms with Gasteiger partial charge in [-0.1, -0.05) is 53.4 Å². The van der Waals surface area contributed by atoms with Crippen molar-refractivity contribution in [3.05, 3.63) is 0 Å². The molecule has 0 bridgehead atoms. The quantitative estimate of drug-likeness (QED) is 0.476. The third-order valence-electron chi connectivity index (χ3n) is 3.91. The molecule has 3 nitrogen and oxygen atoms in total. The van der Waals surface area contributed by atoms with Crippen molar-refractivity contribution in [1.29, 1.82) is 0 Å². The van der Waals surface area contributed by atoms with Crippen LogP contribution in [0.3, 0.4) is 0 Å². The van der Waals surface area contributed by atoms with E-state index in [1.54, 1.807) is 0 Å². The number of aliphatic hydroxyl groups excluding tert-OH is 1. The number of nitrogens with one attached hydrogen (secondary N) is 1. The lowest BCUT2D eigenvalue weighted by molar-refractivity contribution is 0.0969. The predicted molar refractivity (Wildman–Crippen MR) is 87.2 cm³/mol. The highest BCUT2D eigenvalue weighted by molar-refractivity contribution is 4.87. The monoisotopic (exact) mass is 287 g/mol. The lowest BCUT2D eigenvalue weighted by atomic mass is 9.90. The number of unbranched alkanes of at least 4 members (excludes halogenated alkanes) is 4. The van der Waals surface area contributed by atoms with Crippen LogP contribution in [0, 0.1) is 0 Å². The zero-order valence-corrected chi connectivity index (χ0v) is 14.2. The Balaban J connectivity index is 3.64. The van der Waals surface area contributed by atoms with Crippen LogP contribution >= 0.6 is 0 Å². The first-order chi connectivity index (χ1) is 9.60. The van der Waals surface area contributed by atoms with Crippen LogP contribution in [0.15, 0.2) is 0 Å². The van der Waals surface area contributed by atoms with Gasteiger partial charge in [0.05, 0.1) is 6.61 Å². The average Bonchev–Trinajstić information content (AvgIpc) is 2.44. The highest BCUT2D eigenvalue weighted by Crippen LogP contribution is 2.18. The molecule has 2 N–H and O–H groups in total. The summed E-state index contributed by atoms with van der Waals surface area (Å²) >= 11 is 0. The summed E-state index contributed by atoms with van der Waals surface area (Å²) in [6, 6.07) is 0.404. The summed E-state index contributed by atoms with van der Waals surface area (Å²) in [6.07, 6.45) is 9.40. The van der Waals surface area contributed by atoms with Gasteiger partial charge in [0.15, 0.2) is 0 Å². The lowest BCUT2D eigenvalue weighted by Crippen LogP contribution is -2.51. The molecule has 1 unspecified atom stereocenters. The molecular weight excluding hydrogens is 250 g/mol. The van der Waals surface area contributed by atoms with Gasteiger partial charge in [-0.05, 0) is 25.7 Å². The summed E-state index contributed by atoms with van der Waals surface area (Å²) in [5.41, 5.74) is -0.126. The summed E-state index contributed by atoms with van der Waals surface area (Å²) in [5, 5.41) is 13.2. The Labute approximate surface area is 126 Å². The third-order valence-corrected chi connectivity index (χ3v) is 3.91. The average molecular weight is 287 g/mol. The van der Waals surface area contributed by atoms with Gasteiger partial charge in [0.1, 0.15) is 0 Å². The molecular formula is C17H37NO2. The first-order valence-corrected chi connectivity index (χ1v) is 8.56. The minimum absolute atomic E-state index is 0.126. The number of ether oxygens (including phenoxy) is 1. The van der Waals surface area contributed by atoms with E-state index in [1.165, 1.54) is 32.1 Å². The molecule has 0 rings (SSSR count). The fourth-order valence-corrected chi connectivity index (χ4v) is 2.62. The molecule has 20 heavy (non-hydrogen) atoms. The van der Waals surface area contributed by atoms with Crippen LogP contribution in [0.1, 0.15) is 79.1 Å². The molecule has 0 aromatic heterocycles. The molecule has 0 heterocycles. The largest absolute Gasteiger partial charge is 0.394 e. The normalized spacial score (nSPS) is 14.7. The molecule has 0 radical (unpaired) electrons.